The Morgan fingerprint density at radius 2 is 2.12 bits per heavy atom. The van der Waals surface area contributed by atoms with Gasteiger partial charge in [-0.1, -0.05) is 24.0 Å². The number of aliphatic hydroxyl groups is 2. The second-order valence-corrected chi connectivity index (χ2v) is 4.40. The highest BCUT2D eigenvalue weighted by atomic mass is 32.2. The molecule has 0 saturated carbocycles. The SMILES string of the molecule is OCC#Cc1cccc(CSCCCO)c1. The minimum atomic E-state index is -0.102. The molecule has 0 aliphatic carbocycles. The van der Waals surface area contributed by atoms with Gasteiger partial charge in [0, 0.05) is 17.9 Å². The summed E-state index contributed by atoms with van der Waals surface area (Å²) in [5, 5.41) is 17.2. The van der Waals surface area contributed by atoms with Crippen molar-refractivity contribution in [3.63, 3.8) is 0 Å². The summed E-state index contributed by atoms with van der Waals surface area (Å²) < 4.78 is 0. The summed E-state index contributed by atoms with van der Waals surface area (Å²) in [6, 6.07) is 8.01. The zero-order chi connectivity index (χ0) is 11.6. The van der Waals surface area contributed by atoms with Crippen molar-refractivity contribution in [1.29, 1.82) is 0 Å². The van der Waals surface area contributed by atoms with Crippen LogP contribution in [0.25, 0.3) is 0 Å². The van der Waals surface area contributed by atoms with Crippen LogP contribution in [0.5, 0.6) is 0 Å². The largest absolute Gasteiger partial charge is 0.396 e. The van der Waals surface area contributed by atoms with Gasteiger partial charge in [-0.15, -0.1) is 0 Å². The molecule has 0 spiro atoms. The van der Waals surface area contributed by atoms with Crippen molar-refractivity contribution in [1.82, 2.24) is 0 Å². The monoisotopic (exact) mass is 236 g/mol. The van der Waals surface area contributed by atoms with E-state index in [2.05, 4.69) is 17.9 Å². The van der Waals surface area contributed by atoms with Crippen molar-refractivity contribution in [3.8, 4) is 11.8 Å². The molecule has 0 aliphatic rings. The molecule has 0 aliphatic heterocycles. The van der Waals surface area contributed by atoms with E-state index in [1.807, 2.05) is 18.2 Å². The van der Waals surface area contributed by atoms with Crippen LogP contribution in [-0.2, 0) is 5.75 Å². The van der Waals surface area contributed by atoms with E-state index in [0.29, 0.717) is 0 Å². The second kappa shape index (κ2) is 8.23. The first kappa shape index (κ1) is 13.1. The molecule has 1 rings (SSSR count). The molecule has 2 nitrogen and oxygen atoms in total. The molecule has 1 aromatic carbocycles. The summed E-state index contributed by atoms with van der Waals surface area (Å²) in [5.41, 5.74) is 2.17. The van der Waals surface area contributed by atoms with Crippen molar-refractivity contribution in [2.45, 2.75) is 12.2 Å². The van der Waals surface area contributed by atoms with Gasteiger partial charge in [-0.05, 0) is 29.9 Å². The standard InChI is InChI=1S/C13H16O2S/c14-7-2-6-12-4-1-5-13(10-12)11-16-9-3-8-15/h1,4-5,10,14-15H,3,7-9,11H2. The Hall–Kier alpha value is -0.950. The van der Waals surface area contributed by atoms with Gasteiger partial charge in [0.15, 0.2) is 0 Å². The lowest BCUT2D eigenvalue weighted by atomic mass is 10.1. The predicted octanol–water partition coefficient (Wildman–Crippen LogP) is 1.65. The molecule has 0 unspecified atom stereocenters. The van der Waals surface area contributed by atoms with Crippen LogP contribution in [0.1, 0.15) is 17.5 Å². The van der Waals surface area contributed by atoms with Crippen LogP contribution in [0.4, 0.5) is 0 Å². The van der Waals surface area contributed by atoms with Crippen LogP contribution < -0.4 is 0 Å². The first-order valence-electron chi connectivity index (χ1n) is 5.24. The third-order valence-electron chi connectivity index (χ3n) is 1.95. The lowest BCUT2D eigenvalue weighted by Gasteiger charge is -2.01. The fourth-order valence-corrected chi connectivity index (χ4v) is 2.13. The Balaban J connectivity index is 2.47. The maximum absolute atomic E-state index is 8.65. The normalized spacial score (nSPS) is 9.62. The van der Waals surface area contributed by atoms with Crippen molar-refractivity contribution in [3.05, 3.63) is 35.4 Å². The topological polar surface area (TPSA) is 40.5 Å². The zero-order valence-corrected chi connectivity index (χ0v) is 9.96. The Bertz CT molecular complexity index is 366. The average Bonchev–Trinajstić information content (AvgIpc) is 2.33. The van der Waals surface area contributed by atoms with Crippen molar-refractivity contribution in [2.75, 3.05) is 19.0 Å². The molecule has 0 bridgehead atoms. The van der Waals surface area contributed by atoms with Gasteiger partial charge >= 0.3 is 0 Å². The third kappa shape index (κ3) is 5.22. The molecule has 1 aromatic rings. The first-order valence-corrected chi connectivity index (χ1v) is 6.39. The molecule has 2 N–H and O–H groups in total. The highest BCUT2D eigenvalue weighted by Gasteiger charge is 1.94. The van der Waals surface area contributed by atoms with Crippen LogP contribution in [0, 0.1) is 11.8 Å². The summed E-state index contributed by atoms with van der Waals surface area (Å²) in [4.78, 5) is 0. The molecule has 0 fully saturated rings. The van der Waals surface area contributed by atoms with Gasteiger partial charge < -0.3 is 10.2 Å². The van der Waals surface area contributed by atoms with Crippen LogP contribution in [0.15, 0.2) is 24.3 Å². The molecule has 0 saturated heterocycles. The lowest BCUT2D eigenvalue weighted by molar-refractivity contribution is 0.296. The molecule has 0 amide bonds. The fraction of sp³-hybridized carbons (Fsp3) is 0.385. The number of rotatable bonds is 5. The summed E-state index contributed by atoms with van der Waals surface area (Å²) in [6.45, 7) is 0.157. The molecule has 16 heavy (non-hydrogen) atoms. The van der Waals surface area contributed by atoms with Crippen LogP contribution in [0.3, 0.4) is 0 Å². The summed E-state index contributed by atoms with van der Waals surface area (Å²) >= 11 is 1.81. The minimum Gasteiger partial charge on any atom is -0.396 e. The Labute approximate surface area is 101 Å². The van der Waals surface area contributed by atoms with Crippen molar-refractivity contribution in [2.24, 2.45) is 0 Å². The van der Waals surface area contributed by atoms with Gasteiger partial charge in [0.1, 0.15) is 6.61 Å². The molecule has 0 aromatic heterocycles. The number of aliphatic hydroxyl groups excluding tert-OH is 2. The molecule has 3 heteroatoms. The second-order valence-electron chi connectivity index (χ2n) is 3.29. The van der Waals surface area contributed by atoms with Gasteiger partial charge in [0.2, 0.25) is 0 Å². The number of hydrogen-bond donors (Lipinski definition) is 2. The Morgan fingerprint density at radius 3 is 2.88 bits per heavy atom. The Morgan fingerprint density at radius 1 is 1.25 bits per heavy atom. The van der Waals surface area contributed by atoms with Crippen molar-refractivity contribution >= 4 is 11.8 Å². The quantitative estimate of drug-likeness (QED) is 0.603. The van der Waals surface area contributed by atoms with E-state index in [1.54, 1.807) is 11.8 Å². The summed E-state index contributed by atoms with van der Waals surface area (Å²) in [6.07, 6.45) is 0.842. The van der Waals surface area contributed by atoms with Crippen LogP contribution in [-0.4, -0.2) is 29.2 Å². The van der Waals surface area contributed by atoms with Crippen molar-refractivity contribution < 1.29 is 10.2 Å². The fourth-order valence-electron chi connectivity index (χ4n) is 1.24. The van der Waals surface area contributed by atoms with E-state index in [4.69, 9.17) is 10.2 Å². The zero-order valence-electron chi connectivity index (χ0n) is 9.15. The van der Waals surface area contributed by atoms with Gasteiger partial charge in [0.05, 0.1) is 0 Å². The first-order chi connectivity index (χ1) is 7.86. The molecular weight excluding hydrogens is 220 g/mol. The Kier molecular flexibility index (Phi) is 6.75. The maximum Gasteiger partial charge on any atom is 0.104 e. The van der Waals surface area contributed by atoms with Crippen LogP contribution >= 0.6 is 11.8 Å². The third-order valence-corrected chi connectivity index (χ3v) is 3.07. The van der Waals surface area contributed by atoms with E-state index < -0.39 is 0 Å². The maximum atomic E-state index is 8.65. The summed E-state index contributed by atoms with van der Waals surface area (Å²) in [5.74, 6) is 7.44. The van der Waals surface area contributed by atoms with Gasteiger partial charge in [0.25, 0.3) is 0 Å². The molecular formula is C13H16O2S. The highest BCUT2D eigenvalue weighted by Crippen LogP contribution is 2.14. The smallest absolute Gasteiger partial charge is 0.104 e. The van der Waals surface area contributed by atoms with E-state index in [-0.39, 0.29) is 13.2 Å². The molecule has 86 valence electrons. The van der Waals surface area contributed by atoms with Gasteiger partial charge in [-0.3, -0.25) is 0 Å². The lowest BCUT2D eigenvalue weighted by Crippen LogP contribution is -1.88. The van der Waals surface area contributed by atoms with E-state index in [9.17, 15) is 0 Å². The molecule has 0 radical (unpaired) electrons. The average molecular weight is 236 g/mol. The van der Waals surface area contributed by atoms with E-state index in [0.717, 1.165) is 23.5 Å². The number of thioether (sulfide) groups is 1. The van der Waals surface area contributed by atoms with E-state index in [1.165, 1.54) is 5.56 Å². The van der Waals surface area contributed by atoms with Gasteiger partial charge in [-0.2, -0.15) is 11.8 Å². The van der Waals surface area contributed by atoms with E-state index >= 15 is 0 Å². The summed E-state index contributed by atoms with van der Waals surface area (Å²) in [7, 11) is 0. The molecule has 0 atom stereocenters. The van der Waals surface area contributed by atoms with Gasteiger partial charge in [-0.25, -0.2) is 0 Å². The predicted molar refractivity (Wildman–Crippen MR) is 68.3 cm³/mol. The van der Waals surface area contributed by atoms with Crippen LogP contribution in [0.2, 0.25) is 0 Å². The number of benzene rings is 1. The number of hydrogen-bond acceptors (Lipinski definition) is 3. The minimum absolute atomic E-state index is 0.102. The highest BCUT2D eigenvalue weighted by molar-refractivity contribution is 7.98. The molecule has 0 heterocycles.